The van der Waals surface area contributed by atoms with Gasteiger partial charge in [-0.15, -0.1) is 11.3 Å². The second kappa shape index (κ2) is 8.50. The van der Waals surface area contributed by atoms with E-state index in [2.05, 4.69) is 13.0 Å². The molecule has 0 saturated carbocycles. The average molecular weight is 307 g/mol. The Hall–Kier alpha value is -0.930. The van der Waals surface area contributed by atoms with E-state index in [-0.39, 0.29) is 11.9 Å². The van der Waals surface area contributed by atoms with Gasteiger partial charge in [-0.2, -0.15) is 0 Å². The summed E-state index contributed by atoms with van der Waals surface area (Å²) in [7, 11) is 0. The maximum atomic E-state index is 13.2. The first kappa shape index (κ1) is 16.4. The van der Waals surface area contributed by atoms with Crippen LogP contribution in [0.2, 0.25) is 0 Å². The molecule has 0 aliphatic heterocycles. The molecule has 116 valence electrons. The van der Waals surface area contributed by atoms with E-state index in [4.69, 9.17) is 5.73 Å². The molecule has 1 aromatic heterocycles. The van der Waals surface area contributed by atoms with E-state index in [1.165, 1.54) is 55.9 Å². The van der Waals surface area contributed by atoms with E-state index in [9.17, 15) is 4.39 Å². The number of nitrogens with two attached hydrogens (primary N) is 1. The molecule has 1 nitrogen and oxygen atoms in total. The second-order valence-electron chi connectivity index (χ2n) is 5.85. The third-order valence-electron chi connectivity index (χ3n) is 3.98. The van der Waals surface area contributed by atoms with E-state index >= 15 is 0 Å². The zero-order valence-electron chi connectivity index (χ0n) is 12.9. The van der Waals surface area contributed by atoms with Crippen molar-refractivity contribution in [3.63, 3.8) is 0 Å². The number of thiophene rings is 1. The van der Waals surface area contributed by atoms with Crippen LogP contribution in [0.1, 0.15) is 69.2 Å². The van der Waals surface area contributed by atoms with Crippen molar-refractivity contribution < 1.29 is 4.39 Å². The van der Waals surface area contributed by atoms with Gasteiger partial charge >= 0.3 is 0 Å². The van der Waals surface area contributed by atoms with Gasteiger partial charge in [-0.25, -0.2) is 4.39 Å². The van der Waals surface area contributed by atoms with E-state index in [0.29, 0.717) is 0 Å². The maximum absolute atomic E-state index is 13.2. The van der Waals surface area contributed by atoms with Gasteiger partial charge in [-0.1, -0.05) is 51.9 Å². The summed E-state index contributed by atoms with van der Waals surface area (Å²) in [4.78, 5) is 1.18. The molecule has 2 rings (SSSR count). The fraction of sp³-hybridized carbons (Fsp3) is 0.556. The Labute approximate surface area is 131 Å². The highest BCUT2D eigenvalue weighted by Crippen LogP contribution is 2.31. The summed E-state index contributed by atoms with van der Waals surface area (Å²) in [5.74, 6) is -0.174. The predicted octanol–water partition coefficient (Wildman–Crippen LogP) is 6.18. The third-order valence-corrected chi connectivity index (χ3v) is 5.23. The van der Waals surface area contributed by atoms with E-state index in [1.54, 1.807) is 17.4 Å². The molecule has 3 heteroatoms. The fourth-order valence-corrected chi connectivity index (χ4v) is 3.76. The molecule has 0 amide bonds. The van der Waals surface area contributed by atoms with Gasteiger partial charge in [-0.05, 0) is 36.1 Å². The molecule has 0 fully saturated rings. The first-order chi connectivity index (χ1) is 10.2. The number of fused-ring (bicyclic) bond motifs is 1. The summed E-state index contributed by atoms with van der Waals surface area (Å²) in [5, 5.41) is 0.977. The zero-order chi connectivity index (χ0) is 15.1. The highest BCUT2D eigenvalue weighted by molar-refractivity contribution is 7.19. The highest BCUT2D eigenvalue weighted by atomic mass is 32.1. The minimum absolute atomic E-state index is 0.0982. The van der Waals surface area contributed by atoms with Crippen LogP contribution in [0.25, 0.3) is 10.1 Å². The molecule has 0 radical (unpaired) electrons. The summed E-state index contributed by atoms with van der Waals surface area (Å²) in [6.45, 7) is 2.25. The minimum Gasteiger partial charge on any atom is -0.323 e. The van der Waals surface area contributed by atoms with Gasteiger partial charge in [0, 0.05) is 15.6 Å². The lowest BCUT2D eigenvalue weighted by atomic mass is 10.0. The predicted molar refractivity (Wildman–Crippen MR) is 91.3 cm³/mol. The Bertz CT molecular complexity index is 549. The molecule has 0 saturated heterocycles. The van der Waals surface area contributed by atoms with E-state index < -0.39 is 0 Å². The molecule has 0 aliphatic carbocycles. The number of halogens is 1. The number of rotatable bonds is 9. The van der Waals surface area contributed by atoms with E-state index in [0.717, 1.165) is 16.5 Å². The van der Waals surface area contributed by atoms with Gasteiger partial charge in [0.25, 0.3) is 0 Å². The summed E-state index contributed by atoms with van der Waals surface area (Å²) >= 11 is 1.70. The van der Waals surface area contributed by atoms with Crippen molar-refractivity contribution in [1.29, 1.82) is 0 Å². The molecule has 0 bridgehead atoms. The average Bonchev–Trinajstić information content (AvgIpc) is 2.89. The highest BCUT2D eigenvalue weighted by Gasteiger charge is 2.10. The van der Waals surface area contributed by atoms with Gasteiger partial charge in [0.15, 0.2) is 0 Å². The lowest BCUT2D eigenvalue weighted by Gasteiger charge is -2.08. The Morgan fingerprint density at radius 3 is 2.52 bits per heavy atom. The normalized spacial score (nSPS) is 12.9. The Morgan fingerprint density at radius 2 is 1.76 bits per heavy atom. The van der Waals surface area contributed by atoms with E-state index in [1.807, 2.05) is 6.07 Å². The summed E-state index contributed by atoms with van der Waals surface area (Å²) < 4.78 is 14.3. The largest absolute Gasteiger partial charge is 0.323 e. The lowest BCUT2D eigenvalue weighted by molar-refractivity contribution is 0.544. The maximum Gasteiger partial charge on any atom is 0.123 e. The van der Waals surface area contributed by atoms with Crippen LogP contribution in [0.3, 0.4) is 0 Å². The Balaban J connectivity index is 1.75. The van der Waals surface area contributed by atoms with Crippen LogP contribution in [0.4, 0.5) is 4.39 Å². The molecule has 0 spiro atoms. The van der Waals surface area contributed by atoms with Crippen molar-refractivity contribution >= 4 is 21.4 Å². The molecular weight excluding hydrogens is 281 g/mol. The summed E-state index contributed by atoms with van der Waals surface area (Å²) in [5.41, 5.74) is 6.28. The van der Waals surface area contributed by atoms with Gasteiger partial charge in [0.05, 0.1) is 0 Å². The Morgan fingerprint density at radius 1 is 1.05 bits per heavy atom. The summed E-state index contributed by atoms with van der Waals surface area (Å²) in [6.07, 6.45) is 10.2. The molecule has 2 aromatic rings. The van der Waals surface area contributed by atoms with Gasteiger partial charge < -0.3 is 5.73 Å². The molecule has 21 heavy (non-hydrogen) atoms. The van der Waals surface area contributed by atoms with Crippen LogP contribution >= 0.6 is 11.3 Å². The molecule has 1 heterocycles. The van der Waals surface area contributed by atoms with Gasteiger partial charge in [0.2, 0.25) is 0 Å². The molecule has 0 aliphatic rings. The van der Waals surface area contributed by atoms with Crippen molar-refractivity contribution in [1.82, 2.24) is 0 Å². The molecular formula is C18H26FNS. The lowest BCUT2D eigenvalue weighted by Crippen LogP contribution is -2.08. The topological polar surface area (TPSA) is 26.0 Å². The fourth-order valence-electron chi connectivity index (χ4n) is 2.68. The van der Waals surface area contributed by atoms with Crippen LogP contribution in [0.5, 0.6) is 0 Å². The van der Waals surface area contributed by atoms with Crippen molar-refractivity contribution in [2.24, 2.45) is 5.73 Å². The Kier molecular flexibility index (Phi) is 6.65. The zero-order valence-corrected chi connectivity index (χ0v) is 13.7. The second-order valence-corrected chi connectivity index (χ2v) is 6.96. The van der Waals surface area contributed by atoms with Crippen LogP contribution in [0.15, 0.2) is 24.3 Å². The molecule has 1 unspecified atom stereocenters. The van der Waals surface area contributed by atoms with Crippen LogP contribution in [-0.2, 0) is 0 Å². The van der Waals surface area contributed by atoms with Gasteiger partial charge in [-0.3, -0.25) is 0 Å². The van der Waals surface area contributed by atoms with Crippen LogP contribution in [-0.4, -0.2) is 0 Å². The molecule has 1 atom stereocenters. The first-order valence-electron chi connectivity index (χ1n) is 8.15. The van der Waals surface area contributed by atoms with Crippen molar-refractivity contribution in [3.05, 3.63) is 35.0 Å². The smallest absolute Gasteiger partial charge is 0.123 e. The van der Waals surface area contributed by atoms with Crippen LogP contribution in [0, 0.1) is 5.82 Å². The monoisotopic (exact) mass is 307 g/mol. The van der Waals surface area contributed by atoms with Gasteiger partial charge in [0.1, 0.15) is 5.82 Å². The number of benzene rings is 1. The standard InChI is InChI=1S/C18H26FNS/c1-2-3-4-5-6-7-8-9-16(20)18-13-14-12-15(19)10-11-17(14)21-18/h10-13,16H,2-9,20H2,1H3. The number of hydrogen-bond donors (Lipinski definition) is 1. The third kappa shape index (κ3) is 5.08. The molecule has 2 N–H and O–H groups in total. The first-order valence-corrected chi connectivity index (χ1v) is 8.97. The number of hydrogen-bond acceptors (Lipinski definition) is 2. The number of unbranched alkanes of at least 4 members (excludes halogenated alkanes) is 6. The van der Waals surface area contributed by atoms with Crippen molar-refractivity contribution in [2.75, 3.05) is 0 Å². The summed E-state index contributed by atoms with van der Waals surface area (Å²) in [6, 6.07) is 7.11. The quantitative estimate of drug-likeness (QED) is 0.550. The van der Waals surface area contributed by atoms with Crippen molar-refractivity contribution in [3.8, 4) is 0 Å². The SMILES string of the molecule is CCCCCCCCCC(N)c1cc2cc(F)ccc2s1. The minimum atomic E-state index is -0.174. The van der Waals surface area contributed by atoms with Crippen molar-refractivity contribution in [2.45, 2.75) is 64.3 Å². The molecule has 1 aromatic carbocycles. The van der Waals surface area contributed by atoms with Crippen LogP contribution < -0.4 is 5.73 Å².